The SMILES string of the molecule is CC(=O)N1CCCN(C(=O)NC(c2ccccc2C)C(C)(C)C)CC1. The quantitative estimate of drug-likeness (QED) is 0.894. The standard InChI is InChI=1S/C20H31N3O2/c1-15-9-6-7-10-17(15)18(20(3,4)5)21-19(25)23-12-8-11-22(13-14-23)16(2)24/h6-7,9-10,18H,8,11-14H2,1-5H3,(H,21,25). The smallest absolute Gasteiger partial charge is 0.317 e. The van der Waals surface area contributed by atoms with E-state index in [2.05, 4.69) is 45.1 Å². The Morgan fingerprint density at radius 3 is 2.24 bits per heavy atom. The molecule has 0 aromatic heterocycles. The van der Waals surface area contributed by atoms with E-state index in [0.717, 1.165) is 18.5 Å². The van der Waals surface area contributed by atoms with Crippen LogP contribution in [0.4, 0.5) is 4.79 Å². The van der Waals surface area contributed by atoms with E-state index < -0.39 is 0 Å². The summed E-state index contributed by atoms with van der Waals surface area (Å²) in [6.45, 7) is 12.7. The third-order valence-electron chi connectivity index (χ3n) is 4.86. The van der Waals surface area contributed by atoms with Gasteiger partial charge in [-0.05, 0) is 29.9 Å². The molecule has 0 spiro atoms. The monoisotopic (exact) mass is 345 g/mol. The van der Waals surface area contributed by atoms with Crippen LogP contribution in [-0.4, -0.2) is 47.9 Å². The third kappa shape index (κ3) is 4.97. The van der Waals surface area contributed by atoms with Gasteiger partial charge in [0.1, 0.15) is 0 Å². The van der Waals surface area contributed by atoms with Crippen LogP contribution in [0.1, 0.15) is 51.3 Å². The van der Waals surface area contributed by atoms with Gasteiger partial charge in [-0.25, -0.2) is 4.79 Å². The maximum Gasteiger partial charge on any atom is 0.317 e. The molecule has 138 valence electrons. The van der Waals surface area contributed by atoms with Crippen LogP contribution in [0.3, 0.4) is 0 Å². The van der Waals surface area contributed by atoms with E-state index in [1.54, 1.807) is 6.92 Å². The molecule has 3 amide bonds. The van der Waals surface area contributed by atoms with Crippen molar-refractivity contribution in [2.75, 3.05) is 26.2 Å². The van der Waals surface area contributed by atoms with Crippen LogP contribution in [-0.2, 0) is 4.79 Å². The number of benzene rings is 1. The fraction of sp³-hybridized carbons (Fsp3) is 0.600. The van der Waals surface area contributed by atoms with Crippen LogP contribution < -0.4 is 5.32 Å². The molecule has 0 aliphatic carbocycles. The van der Waals surface area contributed by atoms with E-state index in [4.69, 9.17) is 0 Å². The lowest BCUT2D eigenvalue weighted by molar-refractivity contribution is -0.128. The Labute approximate surface area is 151 Å². The predicted molar refractivity (Wildman–Crippen MR) is 100 cm³/mol. The number of aryl methyl sites for hydroxylation is 1. The van der Waals surface area contributed by atoms with Gasteiger partial charge in [-0.15, -0.1) is 0 Å². The molecule has 0 bridgehead atoms. The molecule has 5 nitrogen and oxygen atoms in total. The molecule has 0 radical (unpaired) electrons. The van der Waals surface area contributed by atoms with Crippen molar-refractivity contribution in [2.45, 2.75) is 47.1 Å². The van der Waals surface area contributed by atoms with E-state index in [9.17, 15) is 9.59 Å². The number of hydrogen-bond acceptors (Lipinski definition) is 2. The second kappa shape index (κ2) is 7.89. The molecule has 1 aromatic carbocycles. The number of rotatable bonds is 2. The first kappa shape index (κ1) is 19.3. The lowest BCUT2D eigenvalue weighted by Gasteiger charge is -2.35. The van der Waals surface area contributed by atoms with E-state index in [1.165, 1.54) is 5.56 Å². The lowest BCUT2D eigenvalue weighted by Crippen LogP contribution is -2.46. The fourth-order valence-electron chi connectivity index (χ4n) is 3.32. The second-order valence-corrected chi connectivity index (χ2v) is 7.95. The zero-order valence-electron chi connectivity index (χ0n) is 16.1. The first-order chi connectivity index (χ1) is 11.7. The molecule has 0 saturated carbocycles. The van der Waals surface area contributed by atoms with Crippen LogP contribution in [0.25, 0.3) is 0 Å². The molecule has 1 aliphatic rings. The maximum atomic E-state index is 12.9. The van der Waals surface area contributed by atoms with Gasteiger partial charge in [-0.3, -0.25) is 4.79 Å². The van der Waals surface area contributed by atoms with Crippen molar-refractivity contribution in [2.24, 2.45) is 5.41 Å². The van der Waals surface area contributed by atoms with E-state index in [1.807, 2.05) is 21.9 Å². The fourth-order valence-corrected chi connectivity index (χ4v) is 3.32. The Kier molecular flexibility index (Phi) is 6.09. The minimum absolute atomic E-state index is 0.0476. The van der Waals surface area contributed by atoms with Crippen molar-refractivity contribution in [3.05, 3.63) is 35.4 Å². The summed E-state index contributed by atoms with van der Waals surface area (Å²) in [5.41, 5.74) is 2.24. The van der Waals surface area contributed by atoms with Gasteiger partial charge >= 0.3 is 6.03 Å². The molecule has 5 heteroatoms. The van der Waals surface area contributed by atoms with Crippen molar-refractivity contribution in [1.29, 1.82) is 0 Å². The molecule has 1 N–H and O–H groups in total. The molecule has 1 atom stereocenters. The average molecular weight is 345 g/mol. The topological polar surface area (TPSA) is 52.7 Å². The number of urea groups is 1. The average Bonchev–Trinajstić information content (AvgIpc) is 2.78. The summed E-state index contributed by atoms with van der Waals surface area (Å²) in [6, 6.07) is 8.10. The second-order valence-electron chi connectivity index (χ2n) is 7.95. The Hall–Kier alpha value is -2.04. The van der Waals surface area contributed by atoms with Gasteiger partial charge in [0, 0.05) is 33.1 Å². The van der Waals surface area contributed by atoms with Gasteiger partial charge < -0.3 is 15.1 Å². The molecular weight excluding hydrogens is 314 g/mol. The highest BCUT2D eigenvalue weighted by molar-refractivity contribution is 5.76. The summed E-state index contributed by atoms with van der Waals surface area (Å²) in [5.74, 6) is 0.0785. The van der Waals surface area contributed by atoms with Gasteiger partial charge in [-0.2, -0.15) is 0 Å². The highest BCUT2D eigenvalue weighted by atomic mass is 16.2. The summed E-state index contributed by atoms with van der Waals surface area (Å²) < 4.78 is 0. The molecular formula is C20H31N3O2. The van der Waals surface area contributed by atoms with Gasteiger partial charge in [0.05, 0.1) is 6.04 Å². The molecule has 25 heavy (non-hydrogen) atoms. The number of nitrogens with one attached hydrogen (secondary N) is 1. The Morgan fingerprint density at radius 1 is 1.04 bits per heavy atom. The van der Waals surface area contributed by atoms with Gasteiger partial charge in [0.2, 0.25) is 5.91 Å². The number of amides is 3. The number of carbonyl (C=O) groups excluding carboxylic acids is 2. The van der Waals surface area contributed by atoms with Crippen LogP contribution in [0.15, 0.2) is 24.3 Å². The largest absolute Gasteiger partial charge is 0.341 e. The van der Waals surface area contributed by atoms with Crippen molar-refractivity contribution in [1.82, 2.24) is 15.1 Å². The maximum absolute atomic E-state index is 12.9. The summed E-state index contributed by atoms with van der Waals surface area (Å²) in [7, 11) is 0. The molecule has 1 heterocycles. The van der Waals surface area contributed by atoms with Crippen molar-refractivity contribution in [3.8, 4) is 0 Å². The predicted octanol–water partition coefficient (Wildman–Crippen LogP) is 3.35. The minimum atomic E-state index is -0.0982. The number of hydrogen-bond donors (Lipinski definition) is 1. The van der Waals surface area contributed by atoms with Crippen molar-refractivity contribution in [3.63, 3.8) is 0 Å². The van der Waals surface area contributed by atoms with Gasteiger partial charge in [0.25, 0.3) is 0 Å². The Morgan fingerprint density at radius 2 is 1.64 bits per heavy atom. The molecule has 1 saturated heterocycles. The molecule has 1 aromatic rings. The van der Waals surface area contributed by atoms with Crippen molar-refractivity contribution < 1.29 is 9.59 Å². The van der Waals surface area contributed by atoms with Crippen LogP contribution in [0.2, 0.25) is 0 Å². The summed E-state index contributed by atoms with van der Waals surface area (Å²) in [4.78, 5) is 28.1. The number of carbonyl (C=O) groups is 2. The lowest BCUT2D eigenvalue weighted by atomic mass is 9.81. The Bertz CT molecular complexity index is 622. The normalized spacial score (nSPS) is 17.0. The van der Waals surface area contributed by atoms with Crippen molar-refractivity contribution >= 4 is 11.9 Å². The summed E-state index contributed by atoms with van der Waals surface area (Å²) >= 11 is 0. The van der Waals surface area contributed by atoms with E-state index in [-0.39, 0.29) is 23.4 Å². The molecule has 2 rings (SSSR count). The molecule has 1 aliphatic heterocycles. The Balaban J connectivity index is 2.12. The summed E-state index contributed by atoms with van der Waals surface area (Å²) in [6.07, 6.45) is 0.817. The third-order valence-corrected chi connectivity index (χ3v) is 4.86. The number of nitrogens with zero attached hydrogens (tertiary/aromatic N) is 2. The minimum Gasteiger partial charge on any atom is -0.341 e. The highest BCUT2D eigenvalue weighted by Crippen LogP contribution is 2.34. The van der Waals surface area contributed by atoms with Gasteiger partial charge in [-0.1, -0.05) is 45.0 Å². The summed E-state index contributed by atoms with van der Waals surface area (Å²) in [5, 5.41) is 3.24. The zero-order chi connectivity index (χ0) is 18.6. The molecule has 1 fully saturated rings. The first-order valence-corrected chi connectivity index (χ1v) is 9.06. The zero-order valence-corrected chi connectivity index (χ0v) is 16.1. The van der Waals surface area contributed by atoms with Gasteiger partial charge in [0.15, 0.2) is 0 Å². The first-order valence-electron chi connectivity index (χ1n) is 9.06. The van der Waals surface area contributed by atoms with Crippen LogP contribution in [0.5, 0.6) is 0 Å². The van der Waals surface area contributed by atoms with E-state index in [0.29, 0.717) is 19.6 Å². The van der Waals surface area contributed by atoms with Crippen LogP contribution in [0, 0.1) is 12.3 Å². The molecule has 1 unspecified atom stereocenters. The van der Waals surface area contributed by atoms with E-state index >= 15 is 0 Å². The highest BCUT2D eigenvalue weighted by Gasteiger charge is 2.31. The van der Waals surface area contributed by atoms with Crippen LogP contribution >= 0.6 is 0 Å².